The molecule has 0 saturated heterocycles. The van der Waals surface area contributed by atoms with Crippen LogP contribution in [0.1, 0.15) is 10.5 Å². The van der Waals surface area contributed by atoms with Crippen molar-refractivity contribution in [1.82, 2.24) is 4.98 Å². The summed E-state index contributed by atoms with van der Waals surface area (Å²) in [5.74, 6) is 1.09. The minimum Gasteiger partial charge on any atom is -0.454 e. The van der Waals surface area contributed by atoms with E-state index in [-0.39, 0.29) is 12.7 Å². The Morgan fingerprint density at radius 2 is 1.81 bits per heavy atom. The molecule has 2 heterocycles. The third kappa shape index (κ3) is 3.41. The van der Waals surface area contributed by atoms with Crippen LogP contribution in [0.3, 0.4) is 0 Å². The van der Waals surface area contributed by atoms with Gasteiger partial charge in [-0.2, -0.15) is 0 Å². The van der Waals surface area contributed by atoms with Crippen molar-refractivity contribution in [3.63, 3.8) is 0 Å². The fraction of sp³-hybridized carbons (Fsp3) is 0.0526. The average molecular weight is 368 g/mol. The molecule has 0 bridgehead atoms. The quantitative estimate of drug-likeness (QED) is 0.712. The molecule has 130 valence electrons. The fourth-order valence-corrected chi connectivity index (χ4v) is 2.67. The van der Waals surface area contributed by atoms with Gasteiger partial charge in [0.1, 0.15) is 5.69 Å². The number of amides is 1. The Hall–Kier alpha value is -3.25. The molecule has 3 aromatic rings. The molecule has 0 fully saturated rings. The molecular formula is C19H14ClN3O3. The van der Waals surface area contributed by atoms with E-state index in [1.54, 1.807) is 42.6 Å². The van der Waals surface area contributed by atoms with Gasteiger partial charge in [-0.05, 0) is 36.4 Å². The number of anilines is 3. The number of hydrogen-bond donors (Lipinski definition) is 2. The second-order valence-electron chi connectivity index (χ2n) is 5.56. The van der Waals surface area contributed by atoms with Gasteiger partial charge in [-0.15, -0.1) is 0 Å². The number of nitrogens with one attached hydrogen (secondary N) is 2. The van der Waals surface area contributed by atoms with Crippen molar-refractivity contribution in [2.24, 2.45) is 0 Å². The van der Waals surface area contributed by atoms with E-state index >= 15 is 0 Å². The normalized spacial score (nSPS) is 11.9. The molecular weight excluding hydrogens is 354 g/mol. The lowest BCUT2D eigenvalue weighted by Crippen LogP contribution is -2.13. The van der Waals surface area contributed by atoms with Crippen LogP contribution in [-0.2, 0) is 0 Å². The number of aromatic nitrogens is 1. The van der Waals surface area contributed by atoms with Crippen LogP contribution in [0.25, 0.3) is 0 Å². The highest BCUT2D eigenvalue weighted by atomic mass is 35.5. The number of para-hydroxylation sites is 1. The number of benzene rings is 2. The van der Waals surface area contributed by atoms with Crippen LogP contribution in [-0.4, -0.2) is 17.7 Å². The number of halogens is 1. The van der Waals surface area contributed by atoms with Crippen molar-refractivity contribution >= 4 is 34.6 Å². The molecule has 1 aromatic heterocycles. The van der Waals surface area contributed by atoms with Crippen LogP contribution < -0.4 is 20.1 Å². The maximum Gasteiger partial charge on any atom is 0.274 e. The first-order valence-electron chi connectivity index (χ1n) is 7.88. The highest BCUT2D eigenvalue weighted by Crippen LogP contribution is 2.35. The second kappa shape index (κ2) is 6.93. The van der Waals surface area contributed by atoms with Gasteiger partial charge in [-0.25, -0.2) is 4.98 Å². The number of carbonyl (C=O) groups is 1. The van der Waals surface area contributed by atoms with Gasteiger partial charge in [0.15, 0.2) is 11.5 Å². The highest BCUT2D eigenvalue weighted by Gasteiger charge is 2.13. The zero-order valence-corrected chi connectivity index (χ0v) is 14.3. The molecule has 26 heavy (non-hydrogen) atoms. The molecule has 4 rings (SSSR count). The Bertz CT molecular complexity index is 960. The summed E-state index contributed by atoms with van der Waals surface area (Å²) in [5.41, 5.74) is 2.42. The van der Waals surface area contributed by atoms with E-state index in [1.165, 1.54) is 0 Å². The third-order valence-corrected chi connectivity index (χ3v) is 4.11. The standard InChI is InChI=1S/C19H14ClN3O3/c20-14-3-1-2-4-15(14)23-19(24)16-7-5-13(10-21-16)22-12-6-8-17-18(9-12)26-11-25-17/h1-10,22H,11H2,(H,23,24). The second-order valence-corrected chi connectivity index (χ2v) is 5.97. The molecule has 2 aromatic carbocycles. The Morgan fingerprint density at radius 1 is 1.00 bits per heavy atom. The molecule has 0 unspecified atom stereocenters. The smallest absolute Gasteiger partial charge is 0.274 e. The number of carbonyl (C=O) groups excluding carboxylic acids is 1. The Morgan fingerprint density at radius 3 is 2.62 bits per heavy atom. The van der Waals surface area contributed by atoms with E-state index in [0.717, 1.165) is 17.1 Å². The van der Waals surface area contributed by atoms with Crippen molar-refractivity contribution in [2.75, 3.05) is 17.4 Å². The first kappa shape index (κ1) is 16.2. The maximum atomic E-state index is 12.3. The average Bonchev–Trinajstić information content (AvgIpc) is 3.12. The predicted molar refractivity (Wildman–Crippen MR) is 99.5 cm³/mol. The van der Waals surface area contributed by atoms with Crippen LogP contribution in [0.15, 0.2) is 60.8 Å². The summed E-state index contributed by atoms with van der Waals surface area (Å²) in [5, 5.41) is 6.42. The van der Waals surface area contributed by atoms with E-state index in [4.69, 9.17) is 21.1 Å². The molecule has 1 aliphatic heterocycles. The molecule has 7 heteroatoms. The first-order valence-corrected chi connectivity index (χ1v) is 8.25. The molecule has 0 spiro atoms. The SMILES string of the molecule is O=C(Nc1ccccc1Cl)c1ccc(Nc2ccc3c(c2)OCO3)cn1. The minimum absolute atomic E-state index is 0.232. The van der Waals surface area contributed by atoms with Gasteiger partial charge in [0.2, 0.25) is 6.79 Å². The number of rotatable bonds is 4. The maximum absolute atomic E-state index is 12.3. The lowest BCUT2D eigenvalue weighted by Gasteiger charge is -2.09. The summed E-state index contributed by atoms with van der Waals surface area (Å²) in [6.45, 7) is 0.232. The van der Waals surface area contributed by atoms with Gasteiger partial charge >= 0.3 is 0 Å². The summed E-state index contributed by atoms with van der Waals surface area (Å²) in [6.07, 6.45) is 1.59. The topological polar surface area (TPSA) is 72.5 Å². The lowest BCUT2D eigenvalue weighted by molar-refractivity contribution is 0.102. The molecule has 0 radical (unpaired) electrons. The van der Waals surface area contributed by atoms with Gasteiger partial charge in [0.05, 0.1) is 22.6 Å². The fourth-order valence-electron chi connectivity index (χ4n) is 2.49. The number of nitrogens with zero attached hydrogens (tertiary/aromatic N) is 1. The number of fused-ring (bicyclic) bond motifs is 1. The van der Waals surface area contributed by atoms with Crippen molar-refractivity contribution in [1.29, 1.82) is 0 Å². The zero-order valence-electron chi connectivity index (χ0n) is 13.5. The lowest BCUT2D eigenvalue weighted by atomic mass is 10.2. The first-order chi connectivity index (χ1) is 12.7. The molecule has 6 nitrogen and oxygen atoms in total. The van der Waals surface area contributed by atoms with Crippen LogP contribution in [0, 0.1) is 0 Å². The summed E-state index contributed by atoms with van der Waals surface area (Å²) in [6, 6.07) is 16.0. The Labute approximate surface area is 154 Å². The third-order valence-electron chi connectivity index (χ3n) is 3.78. The van der Waals surface area contributed by atoms with E-state index in [9.17, 15) is 4.79 Å². The molecule has 1 amide bonds. The highest BCUT2D eigenvalue weighted by molar-refractivity contribution is 6.33. The van der Waals surface area contributed by atoms with Gasteiger partial charge in [0.25, 0.3) is 5.91 Å². The molecule has 1 aliphatic rings. The van der Waals surface area contributed by atoms with Gasteiger partial charge in [-0.3, -0.25) is 4.79 Å². The van der Waals surface area contributed by atoms with E-state index < -0.39 is 0 Å². The van der Waals surface area contributed by atoms with E-state index in [2.05, 4.69) is 15.6 Å². The van der Waals surface area contributed by atoms with E-state index in [1.807, 2.05) is 18.2 Å². The van der Waals surface area contributed by atoms with Crippen molar-refractivity contribution in [2.45, 2.75) is 0 Å². The Balaban J connectivity index is 1.45. The number of ether oxygens (including phenoxy) is 2. The zero-order chi connectivity index (χ0) is 17.9. The van der Waals surface area contributed by atoms with E-state index in [0.29, 0.717) is 22.2 Å². The molecule has 0 saturated carbocycles. The van der Waals surface area contributed by atoms with Gasteiger partial charge in [-0.1, -0.05) is 23.7 Å². The molecule has 0 atom stereocenters. The van der Waals surface area contributed by atoms with Crippen molar-refractivity contribution < 1.29 is 14.3 Å². The van der Waals surface area contributed by atoms with Crippen LogP contribution in [0.5, 0.6) is 11.5 Å². The number of pyridine rings is 1. The van der Waals surface area contributed by atoms with Crippen LogP contribution in [0.4, 0.5) is 17.1 Å². The van der Waals surface area contributed by atoms with Crippen LogP contribution >= 0.6 is 11.6 Å². The summed E-state index contributed by atoms with van der Waals surface area (Å²) >= 11 is 6.05. The summed E-state index contributed by atoms with van der Waals surface area (Å²) in [4.78, 5) is 16.5. The van der Waals surface area contributed by atoms with Crippen LogP contribution in [0.2, 0.25) is 5.02 Å². The summed E-state index contributed by atoms with van der Waals surface area (Å²) < 4.78 is 10.6. The van der Waals surface area contributed by atoms with Gasteiger partial charge < -0.3 is 20.1 Å². The largest absolute Gasteiger partial charge is 0.454 e. The molecule has 0 aliphatic carbocycles. The summed E-state index contributed by atoms with van der Waals surface area (Å²) in [7, 11) is 0. The number of hydrogen-bond acceptors (Lipinski definition) is 5. The van der Waals surface area contributed by atoms with Crippen molar-refractivity contribution in [3.8, 4) is 11.5 Å². The molecule has 2 N–H and O–H groups in total. The predicted octanol–water partition coefficient (Wildman–Crippen LogP) is 4.46. The van der Waals surface area contributed by atoms with Gasteiger partial charge in [0, 0.05) is 11.8 Å². The van der Waals surface area contributed by atoms with Crippen molar-refractivity contribution in [3.05, 3.63) is 71.5 Å². The Kier molecular flexibility index (Phi) is 4.33. The monoisotopic (exact) mass is 367 g/mol. The minimum atomic E-state index is -0.326.